The van der Waals surface area contributed by atoms with Gasteiger partial charge in [-0.15, -0.1) is 24.8 Å². The number of nitrogens with one attached hydrogen (secondary N) is 4. The van der Waals surface area contributed by atoms with Gasteiger partial charge < -0.3 is 26.0 Å². The molecule has 1 saturated heterocycles. The van der Waals surface area contributed by atoms with Gasteiger partial charge in [-0.1, -0.05) is 37.3 Å². The van der Waals surface area contributed by atoms with Crippen molar-refractivity contribution in [1.82, 2.24) is 40.3 Å². The average molecular weight is 865 g/mol. The number of aryl methyl sites for hydroxylation is 1. The molecule has 2 aliphatic heterocycles. The predicted octanol–water partition coefficient (Wildman–Crippen LogP) is 8.95. The molecule has 0 unspecified atom stereocenters. The summed E-state index contributed by atoms with van der Waals surface area (Å²) < 4.78 is 43.0. The number of ether oxygens (including phenoxy) is 1. The lowest BCUT2D eigenvalue weighted by Crippen LogP contribution is -2.52. The third kappa shape index (κ3) is 16.4. The molecule has 0 atom stereocenters. The summed E-state index contributed by atoms with van der Waals surface area (Å²) in [5.74, 6) is -1.54. The maximum Gasteiger partial charge on any atom is 0.435 e. The van der Waals surface area contributed by atoms with E-state index in [9.17, 15) is 18.0 Å². The van der Waals surface area contributed by atoms with Gasteiger partial charge in [0.1, 0.15) is 17.2 Å². The quantitative estimate of drug-likeness (QED) is 0.116. The molecule has 5 heterocycles. The highest BCUT2D eigenvalue weighted by molar-refractivity contribution is 6.28. The van der Waals surface area contributed by atoms with Gasteiger partial charge in [0.2, 0.25) is 5.28 Å². The zero-order chi connectivity index (χ0) is 40.7. The summed E-state index contributed by atoms with van der Waals surface area (Å²) in [5, 5.41) is 15.7. The zero-order valence-corrected chi connectivity index (χ0v) is 35.2. The standard InChI is InChI=1S/C18H18ClN5O2.C15H13FN4.C3H5F2N.C3H9N.2ClH/c1-18(2,3)26-17(25)24-11-13(10-21-24)12-4-6-14(7-5-12)22-15-8-9-20-16(19)23-15;1-10-18-9-14(16)15(19-10)20-13-4-2-11(3-5-13)12-6-7-17-8-12;4-3(5)1-6-2-3;1-3-4-2;;/h4-11H,1-3H3,(H,20,22,23);2-6,8-9H,7H2,1H3,(H,18,19,20);6H,1-2H2;4H,3H2,1-2H3;2*1H. The molecular formula is C39H47Cl3F3N11O2. The number of carbonyl (C=O) groups is 1. The first-order valence-corrected chi connectivity index (χ1v) is 18.0. The molecule has 4 N–H and O–H groups in total. The van der Waals surface area contributed by atoms with E-state index in [4.69, 9.17) is 16.3 Å². The van der Waals surface area contributed by atoms with Crippen LogP contribution in [0.25, 0.3) is 16.7 Å². The first-order valence-electron chi connectivity index (χ1n) is 17.6. The molecule has 19 heteroatoms. The second-order valence-electron chi connectivity index (χ2n) is 13.2. The van der Waals surface area contributed by atoms with E-state index in [1.807, 2.05) is 82.6 Å². The molecule has 0 aliphatic carbocycles. The van der Waals surface area contributed by atoms with Crippen molar-refractivity contribution < 1.29 is 22.7 Å². The van der Waals surface area contributed by atoms with Crippen LogP contribution < -0.4 is 21.3 Å². The Kier molecular flexibility index (Phi) is 19.7. The number of halogens is 6. The van der Waals surface area contributed by atoms with Crippen LogP contribution in [0.1, 0.15) is 39.1 Å². The summed E-state index contributed by atoms with van der Waals surface area (Å²) in [7, 11) is 1.93. The summed E-state index contributed by atoms with van der Waals surface area (Å²) in [5.41, 5.74) is 5.00. The molecule has 0 saturated carbocycles. The fraction of sp³-hybridized carbons (Fsp3) is 0.308. The first kappa shape index (κ1) is 49.0. The average Bonchev–Trinajstić information content (AvgIpc) is 3.88. The van der Waals surface area contributed by atoms with Crippen LogP contribution in [-0.2, 0) is 4.74 Å². The summed E-state index contributed by atoms with van der Waals surface area (Å²) in [6, 6.07) is 17.1. The Balaban J connectivity index is 0.000000320. The van der Waals surface area contributed by atoms with Crippen molar-refractivity contribution in [1.29, 1.82) is 0 Å². The largest absolute Gasteiger partial charge is 0.442 e. The Hall–Kier alpha value is -5.13. The lowest BCUT2D eigenvalue weighted by molar-refractivity contribution is -0.0475. The Morgan fingerprint density at radius 3 is 2.05 bits per heavy atom. The number of alkyl halides is 2. The van der Waals surface area contributed by atoms with E-state index in [0.29, 0.717) is 11.6 Å². The minimum Gasteiger partial charge on any atom is -0.442 e. The second-order valence-corrected chi connectivity index (χ2v) is 13.5. The highest BCUT2D eigenvalue weighted by Crippen LogP contribution is 2.24. The number of rotatable bonds is 7. The number of aromatic nitrogens is 6. The highest BCUT2D eigenvalue weighted by Gasteiger charge is 2.36. The smallest absolute Gasteiger partial charge is 0.435 e. The summed E-state index contributed by atoms with van der Waals surface area (Å²) in [4.78, 5) is 31.9. The molecule has 312 valence electrons. The summed E-state index contributed by atoms with van der Waals surface area (Å²) >= 11 is 5.77. The van der Waals surface area contributed by atoms with Crippen molar-refractivity contribution in [2.45, 2.75) is 46.1 Å². The number of nitrogens with zero attached hydrogens (tertiary/aromatic N) is 7. The van der Waals surface area contributed by atoms with E-state index in [0.717, 1.165) is 46.7 Å². The van der Waals surface area contributed by atoms with Crippen molar-refractivity contribution in [3.05, 3.63) is 108 Å². The minimum absolute atomic E-state index is 0. The molecule has 0 radical (unpaired) electrons. The van der Waals surface area contributed by atoms with Crippen molar-refractivity contribution in [2.24, 2.45) is 4.99 Å². The summed E-state index contributed by atoms with van der Waals surface area (Å²) in [6.07, 6.45) is 9.42. The second kappa shape index (κ2) is 23.3. The number of carbonyl (C=O) groups excluding carboxylic acids is 1. The topological polar surface area (TPSA) is 156 Å². The number of anilines is 4. The Bertz CT molecular complexity index is 2090. The lowest BCUT2D eigenvalue weighted by Gasteiger charge is -2.25. The molecule has 0 bridgehead atoms. The van der Waals surface area contributed by atoms with E-state index >= 15 is 0 Å². The van der Waals surface area contributed by atoms with Gasteiger partial charge in [-0.3, -0.25) is 4.99 Å². The molecule has 7 rings (SSSR count). The fourth-order valence-electron chi connectivity index (χ4n) is 4.47. The van der Waals surface area contributed by atoms with Gasteiger partial charge in [0, 0.05) is 35.5 Å². The van der Waals surface area contributed by atoms with Crippen LogP contribution in [0.15, 0.2) is 90.5 Å². The van der Waals surface area contributed by atoms with Crippen LogP contribution in [0.2, 0.25) is 5.28 Å². The number of hydrogen-bond donors (Lipinski definition) is 4. The number of allylic oxidation sites excluding steroid dienone is 1. The third-order valence-corrected chi connectivity index (χ3v) is 7.58. The van der Waals surface area contributed by atoms with Gasteiger partial charge in [-0.2, -0.15) is 9.78 Å². The van der Waals surface area contributed by atoms with Crippen LogP contribution >= 0.6 is 36.4 Å². The minimum atomic E-state index is -2.39. The zero-order valence-electron chi connectivity index (χ0n) is 32.8. The third-order valence-electron chi connectivity index (χ3n) is 7.39. The molecule has 5 aromatic rings. The van der Waals surface area contributed by atoms with E-state index in [1.54, 1.807) is 31.6 Å². The Labute approximate surface area is 353 Å². The van der Waals surface area contributed by atoms with Crippen molar-refractivity contribution in [3.8, 4) is 11.1 Å². The molecule has 0 spiro atoms. The van der Waals surface area contributed by atoms with Crippen molar-refractivity contribution in [3.63, 3.8) is 0 Å². The monoisotopic (exact) mass is 863 g/mol. The normalized spacial score (nSPS) is 13.2. The SMILES string of the molecule is CC(C)(C)OC(=O)n1cc(-c2ccc(Nc3ccnc(Cl)n3)cc2)cn1.CCNC.Cc1ncc(F)c(Nc2ccc(C3=CCN=C3)cc2)n1.Cl.Cl.FC1(F)CNC1. The van der Waals surface area contributed by atoms with Crippen molar-refractivity contribution in [2.75, 3.05) is 43.9 Å². The molecule has 58 heavy (non-hydrogen) atoms. The van der Waals surface area contributed by atoms with Gasteiger partial charge in [0.15, 0.2) is 11.6 Å². The maximum absolute atomic E-state index is 13.6. The molecule has 3 aromatic heterocycles. The van der Waals surface area contributed by atoms with Gasteiger partial charge >= 0.3 is 6.09 Å². The van der Waals surface area contributed by atoms with E-state index < -0.39 is 23.4 Å². The first-order chi connectivity index (χ1) is 26.6. The van der Waals surface area contributed by atoms with E-state index in [2.05, 4.69) is 64.3 Å². The van der Waals surface area contributed by atoms with Crippen LogP contribution in [0.3, 0.4) is 0 Å². The molecule has 2 aliphatic rings. The molecule has 1 fully saturated rings. The van der Waals surface area contributed by atoms with Crippen LogP contribution in [-0.4, -0.2) is 86.8 Å². The van der Waals surface area contributed by atoms with E-state index in [1.165, 1.54) is 10.9 Å². The Morgan fingerprint density at radius 1 is 0.931 bits per heavy atom. The van der Waals surface area contributed by atoms with Gasteiger partial charge in [-0.25, -0.2) is 37.9 Å². The molecule has 0 amide bonds. The summed E-state index contributed by atoms with van der Waals surface area (Å²) in [6.45, 7) is 10.8. The maximum atomic E-state index is 13.6. The highest BCUT2D eigenvalue weighted by atomic mass is 35.5. The van der Waals surface area contributed by atoms with Gasteiger partial charge in [-0.05, 0) is 99.9 Å². The van der Waals surface area contributed by atoms with Crippen LogP contribution in [0.4, 0.5) is 41.0 Å². The molecule has 13 nitrogen and oxygen atoms in total. The fourth-order valence-corrected chi connectivity index (χ4v) is 4.61. The van der Waals surface area contributed by atoms with Gasteiger partial charge in [0.25, 0.3) is 5.92 Å². The lowest BCUT2D eigenvalue weighted by atomic mass is 10.1. The van der Waals surface area contributed by atoms with E-state index in [-0.39, 0.29) is 49.0 Å². The van der Waals surface area contributed by atoms with Gasteiger partial charge in [0.05, 0.1) is 32.0 Å². The van der Waals surface area contributed by atoms with Crippen molar-refractivity contribution >= 4 is 77.3 Å². The number of aliphatic imine (C=N–C) groups is 1. The van der Waals surface area contributed by atoms with Crippen LogP contribution in [0, 0.1) is 12.7 Å². The predicted molar refractivity (Wildman–Crippen MR) is 229 cm³/mol. The molecular weight excluding hydrogens is 818 g/mol. The van der Waals surface area contributed by atoms with Crippen LogP contribution in [0.5, 0.6) is 0 Å². The molecule has 2 aromatic carbocycles. The number of hydrogen-bond acceptors (Lipinski definition) is 12. The Morgan fingerprint density at radius 2 is 1.53 bits per heavy atom. The number of benzene rings is 2.